The van der Waals surface area contributed by atoms with Gasteiger partial charge >= 0.3 is 0 Å². The molecule has 2 heterocycles. The van der Waals surface area contributed by atoms with Gasteiger partial charge in [0.25, 0.3) is 0 Å². The molecule has 9 heteroatoms. The summed E-state index contributed by atoms with van der Waals surface area (Å²) in [7, 11) is 0. The minimum atomic E-state index is 0.368. The molecule has 0 radical (unpaired) electrons. The lowest BCUT2D eigenvalue weighted by Crippen LogP contribution is -2.15. The van der Waals surface area contributed by atoms with Crippen LogP contribution in [0, 0.1) is 4.77 Å². The average Bonchev–Trinajstić information content (AvgIpc) is 3.13. The number of hydrogen-bond acceptors (Lipinski definition) is 5. The number of nitrogens with zero attached hydrogens (tertiary/aromatic N) is 3. The van der Waals surface area contributed by atoms with Crippen molar-refractivity contribution in [2.45, 2.75) is 13.2 Å². The van der Waals surface area contributed by atoms with Gasteiger partial charge in [-0.3, -0.25) is 4.98 Å². The number of H-pyrrole nitrogens is 1. The zero-order chi connectivity index (χ0) is 20.9. The molecule has 0 saturated carbocycles. The van der Waals surface area contributed by atoms with Crippen LogP contribution in [0.4, 0.5) is 0 Å². The van der Waals surface area contributed by atoms with E-state index in [0.717, 1.165) is 22.4 Å². The molecular weight excluding hydrogens is 441 g/mol. The number of pyridine rings is 1. The number of aromatic nitrogens is 4. The topological polar surface area (TPSA) is 67.8 Å². The van der Waals surface area contributed by atoms with Gasteiger partial charge < -0.3 is 10.2 Å². The van der Waals surface area contributed by atoms with E-state index < -0.39 is 0 Å². The molecule has 2 aromatic heterocycles. The summed E-state index contributed by atoms with van der Waals surface area (Å²) >= 11 is 17.4. The first kappa shape index (κ1) is 20.4. The van der Waals surface area contributed by atoms with Gasteiger partial charge in [0.2, 0.25) is 4.77 Å². The van der Waals surface area contributed by atoms with E-state index in [-0.39, 0.29) is 0 Å². The van der Waals surface area contributed by atoms with E-state index in [0.29, 0.717) is 33.8 Å². The third-order valence-electron chi connectivity index (χ3n) is 4.38. The standard InChI is InChI=1S/C21H17Cl2N5OS/c22-17-4-3-16(19(23)11-17)13-29-18-5-1-14(2-6-18)12-25-28-20(26-27-21(28)30)15-7-9-24-10-8-15/h1-11,25H,12-13H2,(H,27,30). The maximum atomic E-state index is 6.19. The van der Waals surface area contributed by atoms with Crippen molar-refractivity contribution in [2.24, 2.45) is 0 Å². The lowest BCUT2D eigenvalue weighted by Gasteiger charge is -2.11. The summed E-state index contributed by atoms with van der Waals surface area (Å²) in [5.41, 5.74) is 6.15. The number of benzene rings is 2. The molecule has 0 saturated heterocycles. The Morgan fingerprint density at radius 1 is 1.03 bits per heavy atom. The van der Waals surface area contributed by atoms with Gasteiger partial charge in [0.05, 0.1) is 6.54 Å². The normalized spacial score (nSPS) is 10.7. The van der Waals surface area contributed by atoms with E-state index in [2.05, 4.69) is 20.6 Å². The third-order valence-corrected chi connectivity index (χ3v) is 5.25. The molecule has 0 aliphatic carbocycles. The van der Waals surface area contributed by atoms with Crippen LogP contribution < -0.4 is 10.2 Å². The molecule has 2 N–H and O–H groups in total. The fraction of sp³-hybridized carbons (Fsp3) is 0.0952. The molecule has 4 aromatic rings. The molecule has 0 aliphatic heterocycles. The maximum absolute atomic E-state index is 6.19. The number of rotatable bonds is 7. The molecular formula is C21H17Cl2N5OS. The van der Waals surface area contributed by atoms with Crippen LogP contribution in [0.5, 0.6) is 5.75 Å². The lowest BCUT2D eigenvalue weighted by molar-refractivity contribution is 0.306. The summed E-state index contributed by atoms with van der Waals surface area (Å²) < 4.78 is 8.06. The predicted octanol–water partition coefficient (Wildman–Crippen LogP) is 5.63. The van der Waals surface area contributed by atoms with Crippen LogP contribution in [0.25, 0.3) is 11.4 Å². The summed E-state index contributed by atoms with van der Waals surface area (Å²) in [6.07, 6.45) is 3.43. The number of halogens is 2. The number of nitrogens with one attached hydrogen (secondary N) is 2. The summed E-state index contributed by atoms with van der Waals surface area (Å²) in [4.78, 5) is 4.03. The van der Waals surface area contributed by atoms with Crippen molar-refractivity contribution in [2.75, 3.05) is 5.43 Å². The first-order chi connectivity index (χ1) is 14.6. The molecule has 6 nitrogen and oxygen atoms in total. The number of aromatic amines is 1. The van der Waals surface area contributed by atoms with Gasteiger partial charge in [-0.05, 0) is 54.2 Å². The number of ether oxygens (including phenoxy) is 1. The fourth-order valence-electron chi connectivity index (χ4n) is 2.81. The van der Waals surface area contributed by atoms with Gasteiger partial charge in [0.1, 0.15) is 12.4 Å². The number of hydrogen-bond donors (Lipinski definition) is 2. The fourth-order valence-corrected chi connectivity index (χ4v) is 3.47. The summed E-state index contributed by atoms with van der Waals surface area (Å²) in [5, 5.41) is 8.30. The van der Waals surface area contributed by atoms with Crippen molar-refractivity contribution in [3.05, 3.63) is 92.9 Å². The summed E-state index contributed by atoms with van der Waals surface area (Å²) in [6.45, 7) is 0.933. The van der Waals surface area contributed by atoms with Crippen LogP contribution in [-0.4, -0.2) is 19.9 Å². The van der Waals surface area contributed by atoms with Crippen molar-refractivity contribution in [1.29, 1.82) is 0 Å². The van der Waals surface area contributed by atoms with Crippen LogP contribution in [0.1, 0.15) is 11.1 Å². The second kappa shape index (κ2) is 9.30. The summed E-state index contributed by atoms with van der Waals surface area (Å²) in [6, 6.07) is 16.9. The van der Waals surface area contributed by atoms with Crippen molar-refractivity contribution in [3.8, 4) is 17.1 Å². The Bertz CT molecular complexity index is 1190. The zero-order valence-corrected chi connectivity index (χ0v) is 18.0. The van der Waals surface area contributed by atoms with Gasteiger partial charge in [0, 0.05) is 33.6 Å². The van der Waals surface area contributed by atoms with Crippen LogP contribution >= 0.6 is 35.4 Å². The van der Waals surface area contributed by atoms with Gasteiger partial charge in [-0.2, -0.15) is 5.10 Å². The van der Waals surface area contributed by atoms with Crippen molar-refractivity contribution in [3.63, 3.8) is 0 Å². The highest BCUT2D eigenvalue weighted by atomic mass is 35.5. The average molecular weight is 458 g/mol. The quantitative estimate of drug-likeness (QED) is 0.351. The third kappa shape index (κ3) is 4.81. The largest absolute Gasteiger partial charge is 0.489 e. The van der Waals surface area contributed by atoms with Gasteiger partial charge in [-0.25, -0.2) is 9.77 Å². The molecule has 0 aliphatic rings. The van der Waals surface area contributed by atoms with Gasteiger partial charge in [0.15, 0.2) is 5.82 Å². The van der Waals surface area contributed by atoms with E-state index in [4.69, 9.17) is 40.2 Å². The minimum absolute atomic E-state index is 0.368. The first-order valence-corrected chi connectivity index (χ1v) is 10.2. The second-order valence-electron chi connectivity index (χ2n) is 6.43. The molecule has 152 valence electrons. The van der Waals surface area contributed by atoms with Gasteiger partial charge in [-0.15, -0.1) is 0 Å². The minimum Gasteiger partial charge on any atom is -0.489 e. The highest BCUT2D eigenvalue weighted by molar-refractivity contribution is 7.71. The van der Waals surface area contributed by atoms with Crippen molar-refractivity contribution < 1.29 is 4.74 Å². The molecule has 0 unspecified atom stereocenters. The zero-order valence-electron chi connectivity index (χ0n) is 15.7. The molecule has 30 heavy (non-hydrogen) atoms. The predicted molar refractivity (Wildman–Crippen MR) is 121 cm³/mol. The van der Waals surface area contributed by atoms with E-state index in [1.807, 2.05) is 42.5 Å². The Labute approximate surface area is 188 Å². The van der Waals surface area contributed by atoms with Gasteiger partial charge in [-0.1, -0.05) is 41.4 Å². The first-order valence-electron chi connectivity index (χ1n) is 9.07. The Balaban J connectivity index is 1.39. The van der Waals surface area contributed by atoms with Crippen molar-refractivity contribution >= 4 is 35.4 Å². The Morgan fingerprint density at radius 2 is 1.80 bits per heavy atom. The van der Waals surface area contributed by atoms with E-state index in [1.165, 1.54) is 0 Å². The van der Waals surface area contributed by atoms with Crippen LogP contribution in [-0.2, 0) is 13.2 Å². The lowest BCUT2D eigenvalue weighted by atomic mass is 10.2. The molecule has 0 bridgehead atoms. The Kier molecular flexibility index (Phi) is 6.32. The molecule has 0 atom stereocenters. The Morgan fingerprint density at radius 3 is 2.53 bits per heavy atom. The monoisotopic (exact) mass is 457 g/mol. The van der Waals surface area contributed by atoms with Crippen LogP contribution in [0.3, 0.4) is 0 Å². The highest BCUT2D eigenvalue weighted by Gasteiger charge is 2.08. The SMILES string of the molecule is S=c1[nH]nc(-c2ccncc2)n1NCc1ccc(OCc2ccc(Cl)cc2Cl)cc1. The highest BCUT2D eigenvalue weighted by Crippen LogP contribution is 2.23. The van der Waals surface area contributed by atoms with Crippen LogP contribution in [0.15, 0.2) is 67.0 Å². The van der Waals surface area contributed by atoms with Crippen LogP contribution in [0.2, 0.25) is 10.0 Å². The Hall–Kier alpha value is -2.87. The second-order valence-corrected chi connectivity index (χ2v) is 7.66. The molecule has 0 amide bonds. The maximum Gasteiger partial charge on any atom is 0.214 e. The molecule has 2 aromatic carbocycles. The summed E-state index contributed by atoms with van der Waals surface area (Å²) in [5.74, 6) is 1.45. The van der Waals surface area contributed by atoms with Crippen molar-refractivity contribution in [1.82, 2.24) is 19.9 Å². The van der Waals surface area contributed by atoms with E-state index in [9.17, 15) is 0 Å². The van der Waals surface area contributed by atoms with E-state index >= 15 is 0 Å². The molecule has 0 spiro atoms. The molecule has 0 fully saturated rings. The van der Waals surface area contributed by atoms with E-state index in [1.54, 1.807) is 29.2 Å². The molecule has 4 rings (SSSR count). The smallest absolute Gasteiger partial charge is 0.214 e.